The first-order valence-corrected chi connectivity index (χ1v) is 7.37. The summed E-state index contributed by atoms with van der Waals surface area (Å²) in [5, 5.41) is 4.38. The second kappa shape index (κ2) is 6.29. The van der Waals surface area contributed by atoms with Crippen LogP contribution in [0.1, 0.15) is 11.1 Å². The fourth-order valence-electron chi connectivity index (χ4n) is 2.68. The minimum absolute atomic E-state index is 0.503. The van der Waals surface area contributed by atoms with Crippen LogP contribution in [-0.4, -0.2) is 19.2 Å². The summed E-state index contributed by atoms with van der Waals surface area (Å²) < 4.78 is 5.68. The van der Waals surface area contributed by atoms with E-state index >= 15 is 0 Å². The number of hydrogen-bond donors (Lipinski definition) is 1. The van der Waals surface area contributed by atoms with Crippen molar-refractivity contribution >= 4 is 11.6 Å². The number of nitrogens with one attached hydrogen (secondary N) is 1. The van der Waals surface area contributed by atoms with Crippen molar-refractivity contribution in [1.82, 2.24) is 5.32 Å². The van der Waals surface area contributed by atoms with Gasteiger partial charge in [-0.05, 0) is 48.2 Å². The molecule has 1 aliphatic carbocycles. The van der Waals surface area contributed by atoms with Gasteiger partial charge >= 0.3 is 0 Å². The summed E-state index contributed by atoms with van der Waals surface area (Å²) in [5.41, 5.74) is 2.79. The first kappa shape index (κ1) is 13.5. The quantitative estimate of drug-likeness (QED) is 0.850. The van der Waals surface area contributed by atoms with Gasteiger partial charge in [0, 0.05) is 17.6 Å². The Morgan fingerprint density at radius 2 is 1.85 bits per heavy atom. The number of para-hydroxylation sites is 1. The van der Waals surface area contributed by atoms with Gasteiger partial charge in [-0.1, -0.05) is 35.9 Å². The smallest absolute Gasteiger partial charge is 0.119 e. The monoisotopic (exact) mass is 287 g/mol. The molecule has 0 heterocycles. The van der Waals surface area contributed by atoms with E-state index in [2.05, 4.69) is 17.4 Å². The summed E-state index contributed by atoms with van der Waals surface area (Å²) >= 11 is 6.03. The first-order valence-electron chi connectivity index (χ1n) is 7.00. The van der Waals surface area contributed by atoms with E-state index < -0.39 is 0 Å². The topological polar surface area (TPSA) is 21.3 Å². The van der Waals surface area contributed by atoms with E-state index in [1.807, 2.05) is 36.4 Å². The van der Waals surface area contributed by atoms with Gasteiger partial charge in [-0.2, -0.15) is 0 Å². The van der Waals surface area contributed by atoms with Gasteiger partial charge in [-0.25, -0.2) is 0 Å². The van der Waals surface area contributed by atoms with Gasteiger partial charge in [-0.15, -0.1) is 0 Å². The molecular formula is C17H18ClNO. The van der Waals surface area contributed by atoms with Gasteiger partial charge in [0.1, 0.15) is 12.4 Å². The number of benzene rings is 2. The van der Waals surface area contributed by atoms with E-state index in [1.54, 1.807) is 0 Å². The third-order valence-electron chi connectivity index (χ3n) is 3.65. The second-order valence-corrected chi connectivity index (χ2v) is 5.57. The summed E-state index contributed by atoms with van der Waals surface area (Å²) in [6.07, 6.45) is 2.14. The predicted molar refractivity (Wildman–Crippen MR) is 82.6 cm³/mol. The van der Waals surface area contributed by atoms with Gasteiger partial charge in [-0.3, -0.25) is 0 Å². The maximum Gasteiger partial charge on any atom is 0.119 e. The third kappa shape index (κ3) is 3.33. The van der Waals surface area contributed by atoms with Crippen molar-refractivity contribution in [2.75, 3.05) is 13.2 Å². The summed E-state index contributed by atoms with van der Waals surface area (Å²) in [7, 11) is 0. The molecular weight excluding hydrogens is 270 g/mol. The maximum absolute atomic E-state index is 6.03. The molecule has 0 aromatic heterocycles. The molecule has 0 bridgehead atoms. The Balaban J connectivity index is 1.43. The SMILES string of the molecule is Clc1ccc2c(c1)CC(NCCOc1ccccc1)C2. The van der Waals surface area contributed by atoms with E-state index in [0.29, 0.717) is 12.6 Å². The number of halogens is 1. The van der Waals surface area contributed by atoms with Gasteiger partial charge in [0.25, 0.3) is 0 Å². The molecule has 0 saturated carbocycles. The Hall–Kier alpha value is -1.51. The van der Waals surface area contributed by atoms with E-state index in [9.17, 15) is 0 Å². The lowest BCUT2D eigenvalue weighted by Gasteiger charge is -2.12. The number of rotatable bonds is 5. The molecule has 1 unspecified atom stereocenters. The Bertz CT molecular complexity index is 570. The minimum atomic E-state index is 0.503. The van der Waals surface area contributed by atoms with Crippen molar-refractivity contribution < 1.29 is 4.74 Å². The Morgan fingerprint density at radius 3 is 2.70 bits per heavy atom. The first-order chi connectivity index (χ1) is 9.81. The predicted octanol–water partition coefficient (Wildman–Crippen LogP) is 3.48. The molecule has 3 heteroatoms. The Labute approximate surface area is 124 Å². The molecule has 0 spiro atoms. The average Bonchev–Trinajstić information content (AvgIpc) is 2.86. The molecule has 1 aliphatic rings. The molecule has 2 nitrogen and oxygen atoms in total. The van der Waals surface area contributed by atoms with Crippen molar-refractivity contribution in [1.29, 1.82) is 0 Å². The molecule has 104 valence electrons. The van der Waals surface area contributed by atoms with E-state index in [1.165, 1.54) is 11.1 Å². The van der Waals surface area contributed by atoms with Crippen LogP contribution in [0.4, 0.5) is 0 Å². The number of fused-ring (bicyclic) bond motifs is 1. The van der Waals surface area contributed by atoms with Gasteiger partial charge in [0.2, 0.25) is 0 Å². The highest BCUT2D eigenvalue weighted by Crippen LogP contribution is 2.25. The van der Waals surface area contributed by atoms with Crippen molar-refractivity contribution in [3.05, 3.63) is 64.7 Å². The fraction of sp³-hybridized carbons (Fsp3) is 0.294. The zero-order chi connectivity index (χ0) is 13.8. The van der Waals surface area contributed by atoms with Crippen LogP contribution in [-0.2, 0) is 12.8 Å². The standard InChI is InChI=1S/C17H18ClNO/c18-15-7-6-13-11-16(12-14(13)10-15)19-8-9-20-17-4-2-1-3-5-17/h1-7,10,16,19H,8-9,11-12H2. The van der Waals surface area contributed by atoms with E-state index in [-0.39, 0.29) is 0 Å². The van der Waals surface area contributed by atoms with Crippen molar-refractivity contribution in [2.24, 2.45) is 0 Å². The molecule has 2 aromatic rings. The van der Waals surface area contributed by atoms with Crippen LogP contribution in [0.2, 0.25) is 5.02 Å². The normalized spacial score (nSPS) is 16.9. The second-order valence-electron chi connectivity index (χ2n) is 5.13. The summed E-state index contributed by atoms with van der Waals surface area (Å²) in [6.45, 7) is 1.55. The average molecular weight is 288 g/mol. The summed E-state index contributed by atoms with van der Waals surface area (Å²) in [4.78, 5) is 0. The zero-order valence-electron chi connectivity index (χ0n) is 11.3. The summed E-state index contributed by atoms with van der Waals surface area (Å²) in [5.74, 6) is 0.927. The zero-order valence-corrected chi connectivity index (χ0v) is 12.1. The summed E-state index contributed by atoms with van der Waals surface area (Å²) in [6, 6.07) is 16.6. The van der Waals surface area contributed by atoms with Gasteiger partial charge < -0.3 is 10.1 Å². The van der Waals surface area contributed by atoms with E-state index in [4.69, 9.17) is 16.3 Å². The molecule has 0 radical (unpaired) electrons. The minimum Gasteiger partial charge on any atom is -0.492 e. The molecule has 3 rings (SSSR count). The molecule has 0 saturated heterocycles. The van der Waals surface area contributed by atoms with Crippen molar-refractivity contribution in [2.45, 2.75) is 18.9 Å². The number of hydrogen-bond acceptors (Lipinski definition) is 2. The highest BCUT2D eigenvalue weighted by molar-refractivity contribution is 6.30. The maximum atomic E-state index is 6.03. The Kier molecular flexibility index (Phi) is 4.24. The van der Waals surface area contributed by atoms with Crippen molar-refractivity contribution in [3.63, 3.8) is 0 Å². The molecule has 0 amide bonds. The molecule has 0 fully saturated rings. The Morgan fingerprint density at radius 1 is 1.05 bits per heavy atom. The van der Waals surface area contributed by atoms with Crippen LogP contribution in [0.3, 0.4) is 0 Å². The van der Waals surface area contributed by atoms with Crippen molar-refractivity contribution in [3.8, 4) is 5.75 Å². The van der Waals surface area contributed by atoms with Gasteiger partial charge in [0.15, 0.2) is 0 Å². The largest absolute Gasteiger partial charge is 0.492 e. The van der Waals surface area contributed by atoms with Crippen LogP contribution in [0.5, 0.6) is 5.75 Å². The lowest BCUT2D eigenvalue weighted by atomic mass is 10.1. The van der Waals surface area contributed by atoms with Crippen LogP contribution in [0.15, 0.2) is 48.5 Å². The molecule has 20 heavy (non-hydrogen) atoms. The van der Waals surface area contributed by atoms with Crippen LogP contribution >= 0.6 is 11.6 Å². The fourth-order valence-corrected chi connectivity index (χ4v) is 2.87. The highest BCUT2D eigenvalue weighted by Gasteiger charge is 2.20. The molecule has 1 N–H and O–H groups in total. The van der Waals surface area contributed by atoms with Gasteiger partial charge in [0.05, 0.1) is 0 Å². The lowest BCUT2D eigenvalue weighted by Crippen LogP contribution is -2.33. The van der Waals surface area contributed by atoms with E-state index in [0.717, 1.165) is 30.2 Å². The van der Waals surface area contributed by atoms with Crippen LogP contribution in [0.25, 0.3) is 0 Å². The van der Waals surface area contributed by atoms with Crippen LogP contribution < -0.4 is 10.1 Å². The highest BCUT2D eigenvalue weighted by atomic mass is 35.5. The molecule has 2 aromatic carbocycles. The molecule has 1 atom stereocenters. The van der Waals surface area contributed by atoms with Crippen LogP contribution in [0, 0.1) is 0 Å². The lowest BCUT2D eigenvalue weighted by molar-refractivity contribution is 0.305. The third-order valence-corrected chi connectivity index (χ3v) is 3.88. The number of ether oxygens (including phenoxy) is 1. The molecule has 0 aliphatic heterocycles.